The lowest BCUT2D eigenvalue weighted by Gasteiger charge is -2.70. The molecular weight excluding hydrogens is 424 g/mol. The SMILES string of the molecule is OC[C@@H](O)[C@@H](O)[C@H](O)[C@H](O)C1N2CC3(c4ccccc4)CN1CC(c1ccccc1)(C2)C3O. The second-order valence-electron chi connectivity index (χ2n) is 9.89. The Kier molecular flexibility index (Phi) is 5.83. The Morgan fingerprint density at radius 3 is 1.55 bits per heavy atom. The molecular formula is C25H32N2O6. The van der Waals surface area contributed by atoms with Crippen molar-refractivity contribution in [3.05, 3.63) is 71.8 Å². The highest BCUT2D eigenvalue weighted by Crippen LogP contribution is 2.54. The summed E-state index contributed by atoms with van der Waals surface area (Å²) in [6, 6.07) is 19.8. The summed E-state index contributed by atoms with van der Waals surface area (Å²) in [6.45, 7) is 1.21. The summed E-state index contributed by atoms with van der Waals surface area (Å²) in [5, 5.41) is 62.7. The number of benzene rings is 2. The van der Waals surface area contributed by atoms with E-state index in [1.54, 1.807) is 0 Å². The first-order valence-corrected chi connectivity index (χ1v) is 11.4. The Morgan fingerprint density at radius 1 is 0.727 bits per heavy atom. The van der Waals surface area contributed by atoms with Gasteiger partial charge >= 0.3 is 0 Å². The molecule has 0 radical (unpaired) electrons. The van der Waals surface area contributed by atoms with Crippen LogP contribution in [0.5, 0.6) is 0 Å². The molecule has 2 aromatic rings. The van der Waals surface area contributed by atoms with E-state index in [1.165, 1.54) is 0 Å². The fourth-order valence-corrected chi connectivity index (χ4v) is 6.51. The van der Waals surface area contributed by atoms with Crippen LogP contribution < -0.4 is 0 Å². The molecule has 8 heteroatoms. The molecule has 4 heterocycles. The van der Waals surface area contributed by atoms with Gasteiger partial charge in [-0.1, -0.05) is 60.7 Å². The molecule has 4 atom stereocenters. The number of rotatable bonds is 7. The van der Waals surface area contributed by atoms with Crippen molar-refractivity contribution in [3.8, 4) is 0 Å². The Bertz CT molecular complexity index is 884. The standard InChI is InChI=1S/C25H32N2O6/c28-11-18(29)19(30)20(31)21(32)22-26-12-24(16-7-3-1-4-8-16)13-27(22)15-25(14-26,23(24)33)17-9-5-2-6-10-17/h1-10,18-23,28-33H,11-15H2/t18-,19-,20+,21+,22?,23?,24?,25?/m1/s1. The monoisotopic (exact) mass is 456 g/mol. The first-order valence-electron chi connectivity index (χ1n) is 11.4. The summed E-state index contributed by atoms with van der Waals surface area (Å²) < 4.78 is 0. The summed E-state index contributed by atoms with van der Waals surface area (Å²) in [4.78, 5) is 4.15. The maximum Gasteiger partial charge on any atom is 0.111 e. The third-order valence-electron chi connectivity index (χ3n) is 8.02. The van der Waals surface area contributed by atoms with E-state index in [-0.39, 0.29) is 0 Å². The zero-order chi connectivity index (χ0) is 23.4. The molecule has 0 aliphatic carbocycles. The van der Waals surface area contributed by atoms with Crippen LogP contribution in [0.15, 0.2) is 60.7 Å². The molecule has 4 fully saturated rings. The smallest absolute Gasteiger partial charge is 0.111 e. The van der Waals surface area contributed by atoms with Crippen LogP contribution in [0.2, 0.25) is 0 Å². The lowest BCUT2D eigenvalue weighted by atomic mass is 9.54. The third kappa shape index (κ3) is 3.37. The topological polar surface area (TPSA) is 128 Å². The highest BCUT2D eigenvalue weighted by Gasteiger charge is 2.67. The molecule has 178 valence electrons. The molecule has 33 heavy (non-hydrogen) atoms. The van der Waals surface area contributed by atoms with E-state index in [9.17, 15) is 25.5 Å². The molecule has 0 unspecified atom stereocenters. The Morgan fingerprint density at radius 2 is 1.15 bits per heavy atom. The molecule has 0 amide bonds. The zero-order valence-electron chi connectivity index (χ0n) is 18.4. The first kappa shape index (κ1) is 22.9. The molecule has 8 nitrogen and oxygen atoms in total. The largest absolute Gasteiger partial charge is 0.394 e. The molecule has 0 aromatic heterocycles. The number of hydrogen-bond donors (Lipinski definition) is 6. The fraction of sp³-hybridized carbons (Fsp3) is 0.520. The van der Waals surface area contributed by atoms with Gasteiger partial charge in [-0.05, 0) is 11.1 Å². The van der Waals surface area contributed by atoms with Gasteiger partial charge in [0.25, 0.3) is 0 Å². The van der Waals surface area contributed by atoms with E-state index in [0.717, 1.165) is 11.1 Å². The molecule has 4 aliphatic rings. The van der Waals surface area contributed by atoms with Crippen molar-refractivity contribution < 1.29 is 30.6 Å². The normalized spacial score (nSPS) is 38.6. The van der Waals surface area contributed by atoms with E-state index in [4.69, 9.17) is 5.11 Å². The van der Waals surface area contributed by atoms with Crippen molar-refractivity contribution in [1.29, 1.82) is 0 Å². The predicted octanol–water partition coefficient (Wildman–Crippen LogP) is -1.37. The second-order valence-corrected chi connectivity index (χ2v) is 9.89. The maximum atomic E-state index is 11.9. The summed E-state index contributed by atoms with van der Waals surface area (Å²) in [5.74, 6) is 0. The predicted molar refractivity (Wildman–Crippen MR) is 120 cm³/mol. The Balaban J connectivity index is 1.55. The molecule has 0 spiro atoms. The average Bonchev–Trinajstić information content (AvgIpc) is 2.85. The van der Waals surface area contributed by atoms with Gasteiger partial charge in [0.2, 0.25) is 0 Å². The van der Waals surface area contributed by atoms with Crippen LogP contribution in [0.1, 0.15) is 11.1 Å². The molecule has 4 saturated heterocycles. The number of aliphatic hydroxyl groups excluding tert-OH is 6. The Labute approximate surface area is 193 Å². The number of aliphatic hydroxyl groups is 6. The average molecular weight is 457 g/mol. The van der Waals surface area contributed by atoms with Crippen molar-refractivity contribution in [3.63, 3.8) is 0 Å². The van der Waals surface area contributed by atoms with E-state index < -0.39 is 54.1 Å². The van der Waals surface area contributed by atoms with Gasteiger partial charge in [0.1, 0.15) is 24.4 Å². The van der Waals surface area contributed by atoms with Crippen LogP contribution in [0, 0.1) is 0 Å². The van der Waals surface area contributed by atoms with Gasteiger partial charge in [-0.25, -0.2) is 0 Å². The van der Waals surface area contributed by atoms with Gasteiger partial charge < -0.3 is 30.6 Å². The number of hydrogen-bond acceptors (Lipinski definition) is 8. The van der Waals surface area contributed by atoms with Crippen LogP contribution in [-0.4, -0.2) is 110 Å². The molecule has 4 bridgehead atoms. The van der Waals surface area contributed by atoms with Crippen LogP contribution in [-0.2, 0) is 10.8 Å². The molecule has 6 rings (SSSR count). The van der Waals surface area contributed by atoms with Crippen molar-refractivity contribution in [1.82, 2.24) is 9.80 Å². The summed E-state index contributed by atoms with van der Waals surface area (Å²) >= 11 is 0. The minimum atomic E-state index is -1.68. The first-order chi connectivity index (χ1) is 15.8. The zero-order valence-corrected chi connectivity index (χ0v) is 18.4. The second kappa shape index (κ2) is 8.41. The van der Waals surface area contributed by atoms with E-state index >= 15 is 0 Å². The van der Waals surface area contributed by atoms with Crippen LogP contribution >= 0.6 is 0 Å². The molecule has 0 saturated carbocycles. The van der Waals surface area contributed by atoms with Crippen LogP contribution in [0.25, 0.3) is 0 Å². The van der Waals surface area contributed by atoms with Gasteiger partial charge in [-0.15, -0.1) is 0 Å². The molecule has 4 aliphatic heterocycles. The lowest BCUT2D eigenvalue weighted by Crippen LogP contribution is -2.85. The van der Waals surface area contributed by atoms with Gasteiger partial charge in [0.05, 0.1) is 18.9 Å². The van der Waals surface area contributed by atoms with Crippen LogP contribution in [0.4, 0.5) is 0 Å². The van der Waals surface area contributed by atoms with Gasteiger partial charge in [0, 0.05) is 37.0 Å². The minimum absolute atomic E-state index is 0.482. The Hall–Kier alpha value is -1.88. The highest BCUT2D eigenvalue weighted by molar-refractivity contribution is 5.42. The molecule has 2 aromatic carbocycles. The fourth-order valence-electron chi connectivity index (χ4n) is 6.51. The van der Waals surface area contributed by atoms with Crippen molar-refractivity contribution >= 4 is 0 Å². The van der Waals surface area contributed by atoms with Crippen molar-refractivity contribution in [2.45, 2.75) is 47.5 Å². The number of nitrogens with zero attached hydrogens (tertiary/aromatic N) is 2. The van der Waals surface area contributed by atoms with E-state index in [1.807, 2.05) is 60.7 Å². The minimum Gasteiger partial charge on any atom is -0.394 e. The summed E-state index contributed by atoms with van der Waals surface area (Å²) in [5.41, 5.74) is 0.878. The van der Waals surface area contributed by atoms with Gasteiger partial charge in [0.15, 0.2) is 0 Å². The van der Waals surface area contributed by atoms with E-state index in [2.05, 4.69) is 9.80 Å². The molecule has 6 N–H and O–H groups in total. The number of piperidine rings is 2. The van der Waals surface area contributed by atoms with Crippen molar-refractivity contribution in [2.75, 3.05) is 32.8 Å². The van der Waals surface area contributed by atoms with E-state index in [0.29, 0.717) is 26.2 Å². The summed E-state index contributed by atoms with van der Waals surface area (Å²) in [6.07, 6.45) is -7.49. The quantitative estimate of drug-likeness (QED) is 0.301. The van der Waals surface area contributed by atoms with Crippen LogP contribution in [0.3, 0.4) is 0 Å². The van der Waals surface area contributed by atoms with Gasteiger partial charge in [-0.3, -0.25) is 9.80 Å². The summed E-state index contributed by atoms with van der Waals surface area (Å²) in [7, 11) is 0. The lowest BCUT2D eigenvalue weighted by molar-refractivity contribution is -0.244. The maximum absolute atomic E-state index is 11.9. The van der Waals surface area contributed by atoms with Gasteiger partial charge in [-0.2, -0.15) is 0 Å². The highest BCUT2D eigenvalue weighted by atomic mass is 16.4. The van der Waals surface area contributed by atoms with Crippen molar-refractivity contribution in [2.24, 2.45) is 0 Å². The third-order valence-corrected chi connectivity index (χ3v) is 8.02.